The number of alkyl halides is 2. The van der Waals surface area contributed by atoms with Crippen molar-refractivity contribution in [3.05, 3.63) is 34.9 Å². The Bertz CT molecular complexity index is 540. The highest BCUT2D eigenvalue weighted by Crippen LogP contribution is 2.13. The number of hydrogen-bond acceptors (Lipinski definition) is 3. The average molecular weight is 328 g/mol. The van der Waals surface area contributed by atoms with Crippen LogP contribution in [0.1, 0.15) is 37.5 Å². The lowest BCUT2D eigenvalue weighted by molar-refractivity contribution is -0.00376. The van der Waals surface area contributed by atoms with Crippen molar-refractivity contribution in [3.63, 3.8) is 0 Å². The van der Waals surface area contributed by atoms with Gasteiger partial charge in [-0.3, -0.25) is 0 Å². The summed E-state index contributed by atoms with van der Waals surface area (Å²) in [5.41, 5.74) is 2.54. The first-order valence-electron chi connectivity index (χ1n) is 7.60. The van der Waals surface area contributed by atoms with Crippen LogP contribution in [0.25, 0.3) is 0 Å². The van der Waals surface area contributed by atoms with Crippen LogP contribution in [0, 0.1) is 13.8 Å². The Hall–Kier alpha value is -1.69. The molecule has 1 rings (SSSR count). The van der Waals surface area contributed by atoms with Gasteiger partial charge in [0.2, 0.25) is 0 Å². The fraction of sp³-hybridized carbons (Fsp3) is 0.588. The topological polar surface area (TPSA) is 50.4 Å². The van der Waals surface area contributed by atoms with E-state index in [9.17, 15) is 13.6 Å². The maximum Gasteiger partial charge on any atom is 0.407 e. The molecule has 2 N–H and O–H groups in total. The molecular weight excluding hydrogens is 302 g/mol. The largest absolute Gasteiger partial charge is 0.444 e. The first-order valence-corrected chi connectivity index (χ1v) is 7.60. The van der Waals surface area contributed by atoms with E-state index in [1.54, 1.807) is 20.8 Å². The molecule has 1 amide bonds. The molecule has 0 unspecified atom stereocenters. The lowest BCUT2D eigenvalue weighted by Gasteiger charge is -2.22. The van der Waals surface area contributed by atoms with E-state index in [0.717, 1.165) is 11.1 Å². The SMILES string of the molecule is Cc1ccc(CNCC(F)(F)CNC(=O)OC(C)(C)C)cc1C. The normalized spacial score (nSPS) is 12.1. The minimum Gasteiger partial charge on any atom is -0.444 e. The number of rotatable bonds is 6. The van der Waals surface area contributed by atoms with Gasteiger partial charge in [-0.1, -0.05) is 18.2 Å². The molecular formula is C17H26F2N2O2. The van der Waals surface area contributed by atoms with Crippen molar-refractivity contribution in [2.45, 2.75) is 52.7 Å². The minimum absolute atomic E-state index is 0.350. The molecule has 0 aliphatic rings. The predicted octanol–water partition coefficient (Wildman–Crippen LogP) is 3.55. The molecule has 0 atom stereocenters. The third-order valence-corrected chi connectivity index (χ3v) is 3.17. The molecule has 0 heterocycles. The summed E-state index contributed by atoms with van der Waals surface area (Å²) in [7, 11) is 0. The maximum atomic E-state index is 13.7. The number of ether oxygens (including phenoxy) is 1. The van der Waals surface area contributed by atoms with Crippen molar-refractivity contribution in [2.24, 2.45) is 0 Å². The molecule has 0 aromatic heterocycles. The van der Waals surface area contributed by atoms with Gasteiger partial charge in [-0.25, -0.2) is 13.6 Å². The summed E-state index contributed by atoms with van der Waals surface area (Å²) < 4.78 is 32.4. The van der Waals surface area contributed by atoms with E-state index in [1.807, 2.05) is 32.0 Å². The fourth-order valence-electron chi connectivity index (χ4n) is 1.88. The maximum absolute atomic E-state index is 13.7. The summed E-state index contributed by atoms with van der Waals surface area (Å²) >= 11 is 0. The summed E-state index contributed by atoms with van der Waals surface area (Å²) in [5.74, 6) is -3.04. The van der Waals surface area contributed by atoms with Gasteiger partial charge in [0.25, 0.3) is 5.92 Å². The molecule has 23 heavy (non-hydrogen) atoms. The Morgan fingerprint density at radius 3 is 2.35 bits per heavy atom. The zero-order valence-corrected chi connectivity index (χ0v) is 14.4. The van der Waals surface area contributed by atoms with E-state index in [2.05, 4.69) is 10.6 Å². The summed E-state index contributed by atoms with van der Waals surface area (Å²) in [6, 6.07) is 5.85. The summed E-state index contributed by atoms with van der Waals surface area (Å²) in [5, 5.41) is 4.81. The van der Waals surface area contributed by atoms with Gasteiger partial charge >= 0.3 is 6.09 Å². The highest BCUT2D eigenvalue weighted by molar-refractivity contribution is 5.67. The van der Waals surface area contributed by atoms with E-state index in [4.69, 9.17) is 4.74 Å². The molecule has 0 fully saturated rings. The second kappa shape index (κ2) is 7.73. The van der Waals surface area contributed by atoms with Crippen LogP contribution in [0.5, 0.6) is 0 Å². The number of carbonyl (C=O) groups excluding carboxylic acids is 1. The fourth-order valence-corrected chi connectivity index (χ4v) is 1.88. The van der Waals surface area contributed by atoms with Gasteiger partial charge < -0.3 is 15.4 Å². The van der Waals surface area contributed by atoms with E-state index < -0.39 is 30.7 Å². The molecule has 0 aliphatic heterocycles. The number of carbonyl (C=O) groups is 1. The van der Waals surface area contributed by atoms with E-state index in [1.165, 1.54) is 5.56 Å². The predicted molar refractivity (Wildman–Crippen MR) is 86.8 cm³/mol. The first-order chi connectivity index (χ1) is 10.5. The van der Waals surface area contributed by atoms with Crippen molar-refractivity contribution in [3.8, 4) is 0 Å². The van der Waals surface area contributed by atoms with Gasteiger partial charge in [-0.2, -0.15) is 0 Å². The second-order valence-electron chi connectivity index (χ2n) is 6.73. The lowest BCUT2D eigenvalue weighted by atomic mass is 10.1. The van der Waals surface area contributed by atoms with Crippen LogP contribution in [0.3, 0.4) is 0 Å². The molecule has 0 aliphatic carbocycles. The number of aryl methyl sites for hydroxylation is 2. The second-order valence-corrected chi connectivity index (χ2v) is 6.73. The van der Waals surface area contributed by atoms with E-state index in [-0.39, 0.29) is 0 Å². The van der Waals surface area contributed by atoms with Crippen molar-refractivity contribution >= 4 is 6.09 Å². The van der Waals surface area contributed by atoms with Crippen LogP contribution in [-0.2, 0) is 11.3 Å². The van der Waals surface area contributed by atoms with Gasteiger partial charge in [-0.15, -0.1) is 0 Å². The van der Waals surface area contributed by atoms with Gasteiger partial charge in [0.05, 0.1) is 13.1 Å². The number of benzene rings is 1. The highest BCUT2D eigenvalue weighted by Gasteiger charge is 2.30. The Kier molecular flexibility index (Phi) is 6.50. The molecule has 4 nitrogen and oxygen atoms in total. The van der Waals surface area contributed by atoms with Crippen LogP contribution in [0.4, 0.5) is 13.6 Å². The average Bonchev–Trinajstić information content (AvgIpc) is 2.39. The third kappa shape index (κ3) is 7.93. The number of halogens is 2. The quantitative estimate of drug-likeness (QED) is 0.839. The number of amides is 1. The van der Waals surface area contributed by atoms with Crippen molar-refractivity contribution in [1.29, 1.82) is 0 Å². The molecule has 0 spiro atoms. The van der Waals surface area contributed by atoms with Gasteiger partial charge in [0.15, 0.2) is 0 Å². The van der Waals surface area contributed by atoms with Crippen LogP contribution in [0.2, 0.25) is 0 Å². The summed E-state index contributed by atoms with van der Waals surface area (Å²) in [6.07, 6.45) is -0.841. The van der Waals surface area contributed by atoms with Crippen LogP contribution >= 0.6 is 0 Å². The van der Waals surface area contributed by atoms with E-state index in [0.29, 0.717) is 6.54 Å². The molecule has 0 saturated heterocycles. The zero-order chi connectivity index (χ0) is 17.7. The van der Waals surface area contributed by atoms with Crippen LogP contribution < -0.4 is 10.6 Å². The summed E-state index contributed by atoms with van der Waals surface area (Å²) in [6.45, 7) is 8.09. The molecule has 0 saturated carbocycles. The molecule has 1 aromatic rings. The Balaban J connectivity index is 2.37. The van der Waals surface area contributed by atoms with E-state index >= 15 is 0 Å². The van der Waals surface area contributed by atoms with Crippen LogP contribution in [0.15, 0.2) is 18.2 Å². The van der Waals surface area contributed by atoms with Gasteiger partial charge in [0.1, 0.15) is 5.60 Å². The molecule has 0 bridgehead atoms. The van der Waals surface area contributed by atoms with Crippen molar-refractivity contribution < 1.29 is 18.3 Å². The zero-order valence-electron chi connectivity index (χ0n) is 14.4. The molecule has 1 aromatic carbocycles. The smallest absolute Gasteiger partial charge is 0.407 e. The van der Waals surface area contributed by atoms with Crippen molar-refractivity contribution in [1.82, 2.24) is 10.6 Å². The highest BCUT2D eigenvalue weighted by atomic mass is 19.3. The lowest BCUT2D eigenvalue weighted by Crippen LogP contribution is -2.44. The Morgan fingerprint density at radius 2 is 1.78 bits per heavy atom. The minimum atomic E-state index is -3.04. The molecule has 0 radical (unpaired) electrons. The van der Waals surface area contributed by atoms with Gasteiger partial charge in [0, 0.05) is 6.54 Å². The Labute approximate surface area is 136 Å². The number of nitrogens with one attached hydrogen (secondary N) is 2. The monoisotopic (exact) mass is 328 g/mol. The van der Waals surface area contributed by atoms with Gasteiger partial charge in [-0.05, 0) is 51.3 Å². The number of alkyl carbamates (subject to hydrolysis) is 1. The third-order valence-electron chi connectivity index (χ3n) is 3.17. The standard InChI is InChI=1S/C17H26F2N2O2/c1-12-6-7-14(8-13(12)2)9-20-10-17(18,19)11-21-15(22)23-16(3,4)5/h6-8,20H,9-11H2,1-5H3,(H,21,22). The van der Waals surface area contributed by atoms with Crippen LogP contribution in [-0.4, -0.2) is 30.7 Å². The number of hydrogen-bond donors (Lipinski definition) is 2. The first kappa shape index (κ1) is 19.4. The summed E-state index contributed by atoms with van der Waals surface area (Å²) in [4.78, 5) is 11.4. The molecule has 130 valence electrons. The van der Waals surface area contributed by atoms with Crippen molar-refractivity contribution in [2.75, 3.05) is 13.1 Å². The Morgan fingerprint density at radius 1 is 1.13 bits per heavy atom. The molecule has 6 heteroatoms.